The Morgan fingerprint density at radius 2 is 2.42 bits per heavy atom. The molecule has 0 saturated carbocycles. The van der Waals surface area contributed by atoms with Crippen LogP contribution in [0.3, 0.4) is 0 Å². The summed E-state index contributed by atoms with van der Waals surface area (Å²) >= 11 is 4.00. The zero-order valence-corrected chi connectivity index (χ0v) is 7.33. The van der Waals surface area contributed by atoms with Crippen LogP contribution in [0.5, 0.6) is 5.75 Å². The van der Waals surface area contributed by atoms with Crippen molar-refractivity contribution in [2.45, 2.75) is 0 Å². The number of nitrogens with two attached hydrogens (primary N) is 1. The van der Waals surface area contributed by atoms with Crippen LogP contribution in [-0.4, -0.2) is 15.8 Å². The Hall–Kier alpha value is -1.16. The van der Waals surface area contributed by atoms with Crippen molar-refractivity contribution in [2.75, 3.05) is 11.5 Å². The number of pyridine rings is 1. The van der Waals surface area contributed by atoms with E-state index in [4.69, 9.17) is 10.8 Å². The minimum Gasteiger partial charge on any atom is -0.504 e. The van der Waals surface area contributed by atoms with E-state index >= 15 is 0 Å². The fraction of sp³-hybridized carbons (Fsp3) is 0.125. The fourth-order valence-electron chi connectivity index (χ4n) is 0.759. The molecule has 12 heavy (non-hydrogen) atoms. The maximum Gasteiger partial charge on any atom is 0.165 e. The molecule has 0 aliphatic heterocycles. The Bertz CT molecular complexity index is 299. The van der Waals surface area contributed by atoms with E-state index in [9.17, 15) is 0 Å². The summed E-state index contributed by atoms with van der Waals surface area (Å²) in [5.41, 5.74) is 6.13. The molecule has 1 rings (SSSR count). The van der Waals surface area contributed by atoms with Crippen molar-refractivity contribution in [3.05, 3.63) is 23.9 Å². The monoisotopic (exact) mass is 182 g/mol. The minimum absolute atomic E-state index is 0.0105. The zero-order valence-electron chi connectivity index (χ0n) is 6.44. The number of aromatic hydroxyl groups is 1. The second-order valence-electron chi connectivity index (χ2n) is 2.26. The molecule has 4 heteroatoms. The van der Waals surface area contributed by atoms with Gasteiger partial charge in [0.1, 0.15) is 0 Å². The van der Waals surface area contributed by atoms with Gasteiger partial charge in [0.15, 0.2) is 11.6 Å². The van der Waals surface area contributed by atoms with E-state index in [0.29, 0.717) is 5.75 Å². The van der Waals surface area contributed by atoms with E-state index in [1.54, 1.807) is 12.3 Å². The Morgan fingerprint density at radius 3 is 3.00 bits per heavy atom. The highest BCUT2D eigenvalue weighted by atomic mass is 32.1. The molecule has 0 saturated heterocycles. The van der Waals surface area contributed by atoms with Crippen molar-refractivity contribution in [3.8, 4) is 5.75 Å². The highest BCUT2D eigenvalue weighted by molar-refractivity contribution is 7.80. The summed E-state index contributed by atoms with van der Waals surface area (Å²) in [7, 11) is 0. The van der Waals surface area contributed by atoms with Gasteiger partial charge in [0, 0.05) is 11.9 Å². The summed E-state index contributed by atoms with van der Waals surface area (Å²) < 4.78 is 0. The Kier molecular flexibility index (Phi) is 2.99. The molecule has 64 valence electrons. The molecule has 0 aliphatic rings. The van der Waals surface area contributed by atoms with Gasteiger partial charge in [-0.15, -0.1) is 0 Å². The van der Waals surface area contributed by atoms with Gasteiger partial charge in [0.25, 0.3) is 0 Å². The normalized spacial score (nSPS) is 10.8. The summed E-state index contributed by atoms with van der Waals surface area (Å²) in [6, 6.07) is 1.56. The van der Waals surface area contributed by atoms with E-state index in [1.807, 2.05) is 12.2 Å². The molecule has 3 N–H and O–H groups in total. The number of nitrogens with zero attached hydrogens (tertiary/aromatic N) is 1. The Labute approximate surface area is 76.3 Å². The molecule has 0 bridgehead atoms. The highest BCUT2D eigenvalue weighted by Gasteiger charge is 1.96. The predicted octanol–water partition coefficient (Wildman–Crippen LogP) is 1.31. The molecule has 0 unspecified atom stereocenters. The summed E-state index contributed by atoms with van der Waals surface area (Å²) in [5, 5.41) is 9.16. The van der Waals surface area contributed by atoms with Crippen LogP contribution >= 0.6 is 12.6 Å². The molecular weight excluding hydrogens is 172 g/mol. The van der Waals surface area contributed by atoms with Crippen molar-refractivity contribution in [1.82, 2.24) is 4.98 Å². The van der Waals surface area contributed by atoms with Gasteiger partial charge >= 0.3 is 0 Å². The summed E-state index contributed by atoms with van der Waals surface area (Å²) in [6.45, 7) is 0. The molecule has 0 spiro atoms. The zero-order chi connectivity index (χ0) is 8.97. The lowest BCUT2D eigenvalue weighted by Crippen LogP contribution is -1.90. The SMILES string of the molecule is Nc1ncc(C=CCS)cc1O. The molecule has 0 aromatic carbocycles. The Morgan fingerprint density at radius 1 is 1.67 bits per heavy atom. The number of hydrogen-bond donors (Lipinski definition) is 3. The van der Waals surface area contributed by atoms with Crippen molar-refractivity contribution >= 4 is 24.5 Å². The number of aromatic nitrogens is 1. The van der Waals surface area contributed by atoms with E-state index in [2.05, 4.69) is 17.6 Å². The first-order valence-electron chi connectivity index (χ1n) is 3.46. The van der Waals surface area contributed by atoms with Crippen LogP contribution < -0.4 is 5.73 Å². The molecule has 1 aromatic rings. The number of thiol groups is 1. The fourth-order valence-corrected chi connectivity index (χ4v) is 0.865. The van der Waals surface area contributed by atoms with Crippen LogP contribution in [0.15, 0.2) is 18.3 Å². The molecular formula is C8H10N2OS. The average molecular weight is 182 g/mol. The second-order valence-corrected chi connectivity index (χ2v) is 2.62. The standard InChI is InChI=1S/C8H10N2OS/c9-8-7(11)4-6(5-10-8)2-1-3-12/h1-2,4-5,11-12H,3H2,(H2,9,10). The van der Waals surface area contributed by atoms with Gasteiger partial charge in [-0.25, -0.2) is 4.98 Å². The van der Waals surface area contributed by atoms with Crippen molar-refractivity contribution in [2.24, 2.45) is 0 Å². The van der Waals surface area contributed by atoms with Crippen molar-refractivity contribution in [1.29, 1.82) is 0 Å². The van der Waals surface area contributed by atoms with Crippen LogP contribution in [0, 0.1) is 0 Å². The van der Waals surface area contributed by atoms with Crippen LogP contribution in [0.1, 0.15) is 5.56 Å². The smallest absolute Gasteiger partial charge is 0.165 e. The number of rotatable bonds is 2. The molecule has 0 aliphatic carbocycles. The third-order valence-electron chi connectivity index (χ3n) is 1.33. The van der Waals surface area contributed by atoms with Crippen LogP contribution in [0.2, 0.25) is 0 Å². The van der Waals surface area contributed by atoms with Crippen molar-refractivity contribution in [3.63, 3.8) is 0 Å². The third-order valence-corrected chi connectivity index (χ3v) is 1.55. The van der Waals surface area contributed by atoms with Gasteiger partial charge in [0.2, 0.25) is 0 Å². The molecule has 0 fully saturated rings. The quantitative estimate of drug-likeness (QED) is 0.604. The molecule has 0 radical (unpaired) electrons. The third kappa shape index (κ3) is 2.17. The molecule has 0 atom stereocenters. The second kappa shape index (κ2) is 4.01. The van der Waals surface area contributed by atoms with Crippen LogP contribution in [0.25, 0.3) is 6.08 Å². The Balaban J connectivity index is 2.89. The lowest BCUT2D eigenvalue weighted by molar-refractivity contribution is 0.475. The molecule has 1 aromatic heterocycles. The average Bonchev–Trinajstić information content (AvgIpc) is 2.07. The lowest BCUT2D eigenvalue weighted by atomic mass is 10.2. The van der Waals surface area contributed by atoms with Crippen LogP contribution in [-0.2, 0) is 0 Å². The summed E-state index contributed by atoms with van der Waals surface area (Å²) in [6.07, 6.45) is 5.27. The first-order chi connectivity index (χ1) is 5.74. The van der Waals surface area contributed by atoms with Gasteiger partial charge in [-0.3, -0.25) is 0 Å². The molecule has 0 amide bonds. The lowest BCUT2D eigenvalue weighted by Gasteiger charge is -1.97. The number of nitrogen functional groups attached to an aromatic ring is 1. The maximum atomic E-state index is 9.16. The first kappa shape index (κ1) is 8.93. The van der Waals surface area contributed by atoms with Crippen LogP contribution in [0.4, 0.5) is 5.82 Å². The van der Waals surface area contributed by atoms with E-state index in [1.165, 1.54) is 0 Å². The van der Waals surface area contributed by atoms with Gasteiger partial charge in [-0.2, -0.15) is 12.6 Å². The predicted molar refractivity (Wildman–Crippen MR) is 53.2 cm³/mol. The highest BCUT2D eigenvalue weighted by Crippen LogP contribution is 2.17. The number of anilines is 1. The first-order valence-corrected chi connectivity index (χ1v) is 4.09. The molecule has 1 heterocycles. The maximum absolute atomic E-state index is 9.16. The molecule has 3 nitrogen and oxygen atoms in total. The topological polar surface area (TPSA) is 59.1 Å². The van der Waals surface area contributed by atoms with Gasteiger partial charge in [-0.05, 0) is 11.6 Å². The number of hydrogen-bond acceptors (Lipinski definition) is 4. The van der Waals surface area contributed by atoms with Gasteiger partial charge in [0.05, 0.1) is 0 Å². The van der Waals surface area contributed by atoms with E-state index in [0.717, 1.165) is 5.56 Å². The van der Waals surface area contributed by atoms with Crippen molar-refractivity contribution < 1.29 is 5.11 Å². The van der Waals surface area contributed by atoms with E-state index in [-0.39, 0.29) is 11.6 Å². The minimum atomic E-state index is 0.0105. The van der Waals surface area contributed by atoms with Gasteiger partial charge in [-0.1, -0.05) is 12.2 Å². The summed E-state index contributed by atoms with van der Waals surface area (Å²) in [5.74, 6) is 0.819. The largest absolute Gasteiger partial charge is 0.504 e. The van der Waals surface area contributed by atoms with E-state index < -0.39 is 0 Å². The van der Waals surface area contributed by atoms with Gasteiger partial charge < -0.3 is 10.8 Å². The summed E-state index contributed by atoms with van der Waals surface area (Å²) in [4.78, 5) is 3.78.